The minimum absolute atomic E-state index is 0.0235. The maximum absolute atomic E-state index is 11.4. The molecular weight excluding hydrogens is 250 g/mol. The zero-order chi connectivity index (χ0) is 12.2. The molecule has 1 rings (SSSR count). The molecule has 1 aromatic rings. The number of halogens is 1. The van der Waals surface area contributed by atoms with Gasteiger partial charge in [-0.1, -0.05) is 6.07 Å². The standard InChI is InChI=1S/C10H14ClNO3S/c1-12(2)9-4-3-5-10(8-9)15-16(13,14)7-6-11/h3-5,8H,6-7H2,1-2H3. The molecule has 0 aliphatic carbocycles. The SMILES string of the molecule is CN(C)c1cccc(OS(=O)(=O)CCCl)c1. The Labute approximate surface area is 101 Å². The highest BCUT2D eigenvalue weighted by molar-refractivity contribution is 7.87. The van der Waals surface area contributed by atoms with Crippen LogP contribution in [0, 0.1) is 0 Å². The minimum atomic E-state index is -3.58. The number of hydrogen-bond acceptors (Lipinski definition) is 4. The van der Waals surface area contributed by atoms with E-state index in [9.17, 15) is 8.42 Å². The summed E-state index contributed by atoms with van der Waals surface area (Å²) >= 11 is 5.37. The largest absolute Gasteiger partial charge is 0.382 e. The second kappa shape index (κ2) is 5.41. The van der Waals surface area contributed by atoms with Gasteiger partial charge in [0.2, 0.25) is 0 Å². The normalized spacial score (nSPS) is 11.2. The summed E-state index contributed by atoms with van der Waals surface area (Å²) in [6, 6.07) is 6.85. The van der Waals surface area contributed by atoms with Gasteiger partial charge in [-0.15, -0.1) is 11.6 Å². The van der Waals surface area contributed by atoms with Crippen LogP contribution >= 0.6 is 11.6 Å². The Hall–Kier alpha value is -0.940. The van der Waals surface area contributed by atoms with Crippen molar-refractivity contribution in [2.75, 3.05) is 30.6 Å². The molecule has 0 unspecified atom stereocenters. The van der Waals surface area contributed by atoms with Crippen LogP contribution in [0.25, 0.3) is 0 Å². The van der Waals surface area contributed by atoms with Crippen LogP contribution in [-0.2, 0) is 10.1 Å². The van der Waals surface area contributed by atoms with Crippen LogP contribution < -0.4 is 9.08 Å². The highest BCUT2D eigenvalue weighted by Crippen LogP contribution is 2.20. The molecule has 1 aromatic carbocycles. The quantitative estimate of drug-likeness (QED) is 0.599. The zero-order valence-corrected chi connectivity index (χ0v) is 10.8. The zero-order valence-electron chi connectivity index (χ0n) is 9.18. The first-order valence-electron chi connectivity index (χ1n) is 4.70. The molecule has 0 amide bonds. The van der Waals surface area contributed by atoms with Crippen molar-refractivity contribution >= 4 is 27.4 Å². The van der Waals surface area contributed by atoms with Gasteiger partial charge in [-0.05, 0) is 12.1 Å². The fourth-order valence-electron chi connectivity index (χ4n) is 1.10. The molecule has 6 heteroatoms. The third-order valence-corrected chi connectivity index (χ3v) is 3.45. The highest BCUT2D eigenvalue weighted by atomic mass is 35.5. The Morgan fingerprint density at radius 3 is 2.62 bits per heavy atom. The van der Waals surface area contributed by atoms with Crippen LogP contribution in [0.1, 0.15) is 0 Å². The van der Waals surface area contributed by atoms with E-state index in [4.69, 9.17) is 15.8 Å². The maximum atomic E-state index is 11.4. The molecule has 0 atom stereocenters. The second-order valence-corrected chi connectivity index (χ2v) is 5.49. The average Bonchev–Trinajstić information content (AvgIpc) is 2.17. The number of alkyl halides is 1. The Morgan fingerprint density at radius 1 is 1.38 bits per heavy atom. The number of hydrogen-bond donors (Lipinski definition) is 0. The molecule has 0 bridgehead atoms. The summed E-state index contributed by atoms with van der Waals surface area (Å²) in [7, 11) is 0.157. The fourth-order valence-corrected chi connectivity index (χ4v) is 2.33. The van der Waals surface area contributed by atoms with E-state index in [1.165, 1.54) is 0 Å². The van der Waals surface area contributed by atoms with Crippen LogP contribution in [0.15, 0.2) is 24.3 Å². The van der Waals surface area contributed by atoms with Gasteiger partial charge >= 0.3 is 10.1 Å². The van der Waals surface area contributed by atoms with Crippen LogP contribution in [-0.4, -0.2) is 34.1 Å². The van der Waals surface area contributed by atoms with Crippen molar-refractivity contribution < 1.29 is 12.6 Å². The molecule has 16 heavy (non-hydrogen) atoms. The Bertz CT molecular complexity index is 445. The van der Waals surface area contributed by atoms with Gasteiger partial charge in [0.1, 0.15) is 5.75 Å². The summed E-state index contributed by atoms with van der Waals surface area (Å²) in [4.78, 5) is 1.86. The van der Waals surface area contributed by atoms with Gasteiger partial charge < -0.3 is 9.08 Å². The van der Waals surface area contributed by atoms with E-state index in [1.807, 2.05) is 25.1 Å². The smallest absolute Gasteiger partial charge is 0.310 e. The first-order valence-corrected chi connectivity index (χ1v) is 6.81. The lowest BCUT2D eigenvalue weighted by molar-refractivity contribution is 0.488. The van der Waals surface area contributed by atoms with Crippen molar-refractivity contribution in [1.29, 1.82) is 0 Å². The van der Waals surface area contributed by atoms with Gasteiger partial charge in [-0.3, -0.25) is 0 Å². The summed E-state index contributed by atoms with van der Waals surface area (Å²) in [5.74, 6) is 0.132. The molecule has 0 saturated carbocycles. The predicted octanol–water partition coefficient (Wildman–Crippen LogP) is 1.70. The Kier molecular flexibility index (Phi) is 4.44. The lowest BCUT2D eigenvalue weighted by atomic mass is 10.3. The molecule has 0 saturated heterocycles. The molecule has 0 fully saturated rings. The maximum Gasteiger partial charge on any atom is 0.310 e. The number of benzene rings is 1. The fraction of sp³-hybridized carbons (Fsp3) is 0.400. The number of anilines is 1. The molecule has 0 aliphatic heterocycles. The number of rotatable bonds is 5. The van der Waals surface area contributed by atoms with Crippen LogP contribution in [0.5, 0.6) is 5.75 Å². The van der Waals surface area contributed by atoms with Crippen molar-refractivity contribution in [1.82, 2.24) is 0 Å². The van der Waals surface area contributed by atoms with E-state index >= 15 is 0 Å². The summed E-state index contributed by atoms with van der Waals surface area (Å²) in [5, 5.41) is 0. The molecular formula is C10H14ClNO3S. The molecule has 4 nitrogen and oxygen atoms in total. The Balaban J connectivity index is 2.86. The first-order chi connectivity index (χ1) is 7.44. The molecule has 0 aromatic heterocycles. The van der Waals surface area contributed by atoms with Gasteiger partial charge in [-0.2, -0.15) is 8.42 Å². The van der Waals surface area contributed by atoms with E-state index in [2.05, 4.69) is 0 Å². The van der Waals surface area contributed by atoms with Crippen LogP contribution in [0.3, 0.4) is 0 Å². The molecule has 0 spiro atoms. The summed E-state index contributed by atoms with van der Waals surface area (Å²) < 4.78 is 27.6. The van der Waals surface area contributed by atoms with E-state index in [-0.39, 0.29) is 11.6 Å². The van der Waals surface area contributed by atoms with Crippen molar-refractivity contribution in [2.24, 2.45) is 0 Å². The van der Waals surface area contributed by atoms with E-state index in [0.717, 1.165) is 5.69 Å². The number of nitrogens with zero attached hydrogens (tertiary/aromatic N) is 1. The third-order valence-electron chi connectivity index (χ3n) is 1.88. The van der Waals surface area contributed by atoms with Crippen LogP contribution in [0.2, 0.25) is 0 Å². The second-order valence-electron chi connectivity index (χ2n) is 3.43. The van der Waals surface area contributed by atoms with Gasteiger partial charge in [0.15, 0.2) is 0 Å². The highest BCUT2D eigenvalue weighted by Gasteiger charge is 2.12. The van der Waals surface area contributed by atoms with Gasteiger partial charge in [0, 0.05) is 31.7 Å². The molecule has 0 heterocycles. The lowest BCUT2D eigenvalue weighted by Gasteiger charge is -2.13. The predicted molar refractivity (Wildman–Crippen MR) is 65.9 cm³/mol. The minimum Gasteiger partial charge on any atom is -0.382 e. The lowest BCUT2D eigenvalue weighted by Crippen LogP contribution is -2.15. The van der Waals surface area contributed by atoms with E-state index in [1.54, 1.807) is 18.2 Å². The third kappa shape index (κ3) is 3.90. The van der Waals surface area contributed by atoms with Gasteiger partial charge in [0.05, 0.1) is 5.75 Å². The summed E-state index contributed by atoms with van der Waals surface area (Å²) in [6.45, 7) is 0. The van der Waals surface area contributed by atoms with Crippen molar-refractivity contribution in [3.63, 3.8) is 0 Å². The first kappa shape index (κ1) is 13.1. The molecule has 0 radical (unpaired) electrons. The van der Waals surface area contributed by atoms with Crippen LogP contribution in [0.4, 0.5) is 5.69 Å². The van der Waals surface area contributed by atoms with Gasteiger partial charge in [0.25, 0.3) is 0 Å². The monoisotopic (exact) mass is 263 g/mol. The van der Waals surface area contributed by atoms with E-state index in [0.29, 0.717) is 5.75 Å². The molecule has 0 N–H and O–H groups in total. The van der Waals surface area contributed by atoms with E-state index < -0.39 is 10.1 Å². The topological polar surface area (TPSA) is 46.6 Å². The van der Waals surface area contributed by atoms with Crippen molar-refractivity contribution in [2.45, 2.75) is 0 Å². The van der Waals surface area contributed by atoms with Crippen molar-refractivity contribution in [3.05, 3.63) is 24.3 Å². The summed E-state index contributed by atoms with van der Waals surface area (Å²) in [5.41, 5.74) is 0.874. The molecule has 0 aliphatic rings. The van der Waals surface area contributed by atoms with Gasteiger partial charge in [-0.25, -0.2) is 0 Å². The van der Waals surface area contributed by atoms with Crippen molar-refractivity contribution in [3.8, 4) is 5.75 Å². The molecule has 90 valence electrons. The average molecular weight is 264 g/mol. The summed E-state index contributed by atoms with van der Waals surface area (Å²) in [6.07, 6.45) is 0. The Morgan fingerprint density at radius 2 is 2.06 bits per heavy atom.